The summed E-state index contributed by atoms with van der Waals surface area (Å²) in [5, 5.41) is 13.6. The zero-order valence-corrected chi connectivity index (χ0v) is 18.8. The molecule has 1 saturated carbocycles. The first-order valence-corrected chi connectivity index (χ1v) is 11.0. The summed E-state index contributed by atoms with van der Waals surface area (Å²) in [6.07, 6.45) is 7.14. The van der Waals surface area contributed by atoms with Crippen LogP contribution in [0.2, 0.25) is 0 Å². The molecule has 166 valence electrons. The molecule has 0 aliphatic heterocycles. The Morgan fingerprint density at radius 2 is 1.67 bits per heavy atom. The number of hydrogen-bond acceptors (Lipinski definition) is 4. The number of benzene rings is 2. The Kier molecular flexibility index (Phi) is 11.2. The first-order chi connectivity index (χ1) is 14.2. The number of aliphatic hydroxyl groups excluding tert-OH is 1. The van der Waals surface area contributed by atoms with Crippen LogP contribution in [-0.4, -0.2) is 36.5 Å². The standard InChI is InChI=1S/C25H35NO3.ClH/c1-20(16-21-8-4-2-5-9-21)26-17-23(27)19-29-25-14-12-22(13-15-25)18-28-24-10-6-3-7-11-24;/h2,4-5,8-9,12-15,20,23-24,26-27H,3,6-7,10-11,16-19H2,1H3;1H. The van der Waals surface area contributed by atoms with Gasteiger partial charge in [-0.1, -0.05) is 61.7 Å². The third-order valence-electron chi connectivity index (χ3n) is 5.49. The minimum absolute atomic E-state index is 0. The highest BCUT2D eigenvalue weighted by Gasteiger charge is 2.13. The fourth-order valence-corrected chi connectivity index (χ4v) is 3.76. The van der Waals surface area contributed by atoms with E-state index in [0.29, 0.717) is 25.3 Å². The molecule has 3 rings (SSSR count). The Morgan fingerprint density at radius 3 is 2.37 bits per heavy atom. The van der Waals surface area contributed by atoms with Gasteiger partial charge in [0.25, 0.3) is 0 Å². The van der Waals surface area contributed by atoms with Gasteiger partial charge in [0.15, 0.2) is 0 Å². The number of aliphatic hydroxyl groups is 1. The molecule has 30 heavy (non-hydrogen) atoms. The minimum Gasteiger partial charge on any atom is -0.491 e. The van der Waals surface area contributed by atoms with Gasteiger partial charge in [-0.15, -0.1) is 12.4 Å². The molecule has 4 nitrogen and oxygen atoms in total. The maximum absolute atomic E-state index is 10.2. The molecule has 2 aromatic rings. The molecular formula is C25H36ClNO3. The third-order valence-corrected chi connectivity index (χ3v) is 5.49. The molecule has 0 radical (unpaired) electrons. The second kappa shape index (κ2) is 13.7. The zero-order chi connectivity index (χ0) is 20.3. The van der Waals surface area contributed by atoms with Crippen LogP contribution in [0.15, 0.2) is 54.6 Å². The highest BCUT2D eigenvalue weighted by molar-refractivity contribution is 5.85. The summed E-state index contributed by atoms with van der Waals surface area (Å²) in [5.41, 5.74) is 2.46. The Bertz CT molecular complexity index is 689. The van der Waals surface area contributed by atoms with E-state index in [4.69, 9.17) is 9.47 Å². The van der Waals surface area contributed by atoms with Gasteiger partial charge < -0.3 is 19.9 Å². The molecule has 0 aromatic heterocycles. The van der Waals surface area contributed by atoms with E-state index in [1.54, 1.807) is 0 Å². The van der Waals surface area contributed by atoms with Gasteiger partial charge in [0.05, 0.1) is 12.7 Å². The van der Waals surface area contributed by atoms with Crippen LogP contribution in [0.4, 0.5) is 0 Å². The van der Waals surface area contributed by atoms with Gasteiger partial charge in [-0.3, -0.25) is 0 Å². The molecule has 1 aliphatic rings. The molecular weight excluding hydrogens is 398 g/mol. The lowest BCUT2D eigenvalue weighted by atomic mass is 9.98. The van der Waals surface area contributed by atoms with Crippen molar-refractivity contribution in [3.63, 3.8) is 0 Å². The lowest BCUT2D eigenvalue weighted by molar-refractivity contribution is 0.0168. The molecule has 1 aliphatic carbocycles. The van der Waals surface area contributed by atoms with Crippen molar-refractivity contribution in [1.29, 1.82) is 0 Å². The average Bonchev–Trinajstić information content (AvgIpc) is 2.77. The van der Waals surface area contributed by atoms with E-state index in [2.05, 4.69) is 36.5 Å². The highest BCUT2D eigenvalue weighted by atomic mass is 35.5. The van der Waals surface area contributed by atoms with Crippen molar-refractivity contribution in [2.24, 2.45) is 0 Å². The lowest BCUT2D eigenvalue weighted by Gasteiger charge is -2.22. The Labute approximate surface area is 187 Å². The number of nitrogens with one attached hydrogen (secondary N) is 1. The van der Waals surface area contributed by atoms with Crippen molar-refractivity contribution < 1.29 is 14.6 Å². The molecule has 0 heterocycles. The van der Waals surface area contributed by atoms with Crippen LogP contribution in [0.3, 0.4) is 0 Å². The van der Waals surface area contributed by atoms with Gasteiger partial charge in [0.2, 0.25) is 0 Å². The van der Waals surface area contributed by atoms with Crippen molar-refractivity contribution in [2.45, 2.75) is 70.3 Å². The van der Waals surface area contributed by atoms with Gasteiger partial charge >= 0.3 is 0 Å². The predicted molar refractivity (Wildman–Crippen MR) is 124 cm³/mol. The Balaban J connectivity index is 0.00000320. The summed E-state index contributed by atoms with van der Waals surface area (Å²) in [6.45, 7) is 3.59. The molecule has 0 amide bonds. The van der Waals surface area contributed by atoms with Gasteiger partial charge in [-0.2, -0.15) is 0 Å². The summed E-state index contributed by atoms with van der Waals surface area (Å²) in [4.78, 5) is 0. The monoisotopic (exact) mass is 433 g/mol. The number of hydrogen-bond donors (Lipinski definition) is 2. The number of halogens is 1. The lowest BCUT2D eigenvalue weighted by Crippen LogP contribution is -2.37. The van der Waals surface area contributed by atoms with Gasteiger partial charge in [0, 0.05) is 12.6 Å². The zero-order valence-electron chi connectivity index (χ0n) is 18.0. The maximum atomic E-state index is 10.2. The molecule has 2 unspecified atom stereocenters. The van der Waals surface area contributed by atoms with E-state index in [1.165, 1.54) is 43.2 Å². The summed E-state index contributed by atoms with van der Waals surface area (Å²) in [5.74, 6) is 0.780. The topological polar surface area (TPSA) is 50.7 Å². The van der Waals surface area contributed by atoms with Crippen molar-refractivity contribution in [3.05, 3.63) is 65.7 Å². The molecule has 0 saturated heterocycles. The van der Waals surface area contributed by atoms with Crippen LogP contribution in [0.25, 0.3) is 0 Å². The van der Waals surface area contributed by atoms with Crippen LogP contribution in [0.1, 0.15) is 50.2 Å². The molecule has 2 N–H and O–H groups in total. The van der Waals surface area contributed by atoms with Crippen LogP contribution in [-0.2, 0) is 17.8 Å². The largest absolute Gasteiger partial charge is 0.491 e. The SMILES string of the molecule is CC(Cc1ccccc1)NCC(O)COc1ccc(COC2CCCCC2)cc1.Cl. The second-order valence-corrected chi connectivity index (χ2v) is 8.18. The van der Waals surface area contributed by atoms with E-state index < -0.39 is 6.10 Å². The number of rotatable bonds is 11. The Morgan fingerprint density at radius 1 is 0.967 bits per heavy atom. The Hall–Kier alpha value is -1.59. The minimum atomic E-state index is -0.539. The smallest absolute Gasteiger partial charge is 0.119 e. The predicted octanol–water partition coefficient (Wildman–Crippen LogP) is 4.92. The van der Waals surface area contributed by atoms with Crippen LogP contribution in [0.5, 0.6) is 5.75 Å². The van der Waals surface area contributed by atoms with Crippen molar-refractivity contribution in [3.8, 4) is 5.75 Å². The van der Waals surface area contributed by atoms with Crippen LogP contribution >= 0.6 is 12.4 Å². The van der Waals surface area contributed by atoms with Gasteiger partial charge in [0.1, 0.15) is 18.5 Å². The summed E-state index contributed by atoms with van der Waals surface area (Å²) < 4.78 is 11.8. The van der Waals surface area contributed by atoms with Gasteiger partial charge in [-0.25, -0.2) is 0 Å². The molecule has 0 spiro atoms. The first kappa shape index (κ1) is 24.7. The van der Waals surface area contributed by atoms with Crippen LogP contribution < -0.4 is 10.1 Å². The molecule has 1 fully saturated rings. The van der Waals surface area contributed by atoms with E-state index in [0.717, 1.165) is 12.2 Å². The van der Waals surface area contributed by atoms with E-state index >= 15 is 0 Å². The van der Waals surface area contributed by atoms with E-state index in [-0.39, 0.29) is 19.0 Å². The van der Waals surface area contributed by atoms with E-state index in [9.17, 15) is 5.11 Å². The fraction of sp³-hybridized carbons (Fsp3) is 0.520. The molecule has 2 aromatic carbocycles. The molecule has 0 bridgehead atoms. The quantitative estimate of drug-likeness (QED) is 0.528. The van der Waals surface area contributed by atoms with Crippen molar-refractivity contribution >= 4 is 12.4 Å². The maximum Gasteiger partial charge on any atom is 0.119 e. The highest BCUT2D eigenvalue weighted by Crippen LogP contribution is 2.22. The normalized spacial score (nSPS) is 16.5. The van der Waals surface area contributed by atoms with Crippen molar-refractivity contribution in [1.82, 2.24) is 5.32 Å². The average molecular weight is 434 g/mol. The summed E-state index contributed by atoms with van der Waals surface area (Å²) in [7, 11) is 0. The second-order valence-electron chi connectivity index (χ2n) is 8.18. The summed E-state index contributed by atoms with van der Waals surface area (Å²) in [6, 6.07) is 18.7. The first-order valence-electron chi connectivity index (χ1n) is 11.0. The number of ether oxygens (including phenoxy) is 2. The van der Waals surface area contributed by atoms with E-state index in [1.807, 2.05) is 30.3 Å². The molecule has 5 heteroatoms. The summed E-state index contributed by atoms with van der Waals surface area (Å²) >= 11 is 0. The van der Waals surface area contributed by atoms with Gasteiger partial charge in [-0.05, 0) is 49.4 Å². The van der Waals surface area contributed by atoms with Crippen LogP contribution in [0, 0.1) is 0 Å². The third kappa shape index (κ3) is 9.05. The fourth-order valence-electron chi connectivity index (χ4n) is 3.76. The molecule has 2 atom stereocenters. The van der Waals surface area contributed by atoms with Crippen molar-refractivity contribution in [2.75, 3.05) is 13.2 Å².